The van der Waals surface area contributed by atoms with Crippen LogP contribution in [0.5, 0.6) is 0 Å². The molecule has 0 bridgehead atoms. The zero-order chi connectivity index (χ0) is 17.4. The van der Waals surface area contributed by atoms with E-state index in [-0.39, 0.29) is 0 Å². The fourth-order valence-corrected chi connectivity index (χ4v) is 4.88. The van der Waals surface area contributed by atoms with Gasteiger partial charge in [-0.25, -0.2) is 0 Å². The molecule has 0 radical (unpaired) electrons. The summed E-state index contributed by atoms with van der Waals surface area (Å²) in [6.45, 7) is 4.50. The zero-order valence-electron chi connectivity index (χ0n) is 14.9. The predicted molar refractivity (Wildman–Crippen MR) is 113 cm³/mol. The lowest BCUT2D eigenvalue weighted by molar-refractivity contribution is 1.45. The molecular weight excluding hydrogens is 312 g/mol. The van der Waals surface area contributed by atoms with Gasteiger partial charge in [0.25, 0.3) is 0 Å². The van der Waals surface area contributed by atoms with Gasteiger partial charge in [0.15, 0.2) is 0 Å². The lowest BCUT2D eigenvalue weighted by atomic mass is 9.87. The maximum absolute atomic E-state index is 2.29. The highest BCUT2D eigenvalue weighted by Gasteiger charge is 2.22. The van der Waals surface area contributed by atoms with Crippen LogP contribution in [0.25, 0.3) is 54.6 Å². The smallest absolute Gasteiger partial charge is 0.00176 e. The van der Waals surface area contributed by atoms with Crippen molar-refractivity contribution in [2.45, 2.75) is 13.8 Å². The van der Waals surface area contributed by atoms with E-state index in [2.05, 4.69) is 86.6 Å². The van der Waals surface area contributed by atoms with E-state index in [9.17, 15) is 0 Å². The van der Waals surface area contributed by atoms with Gasteiger partial charge in [-0.3, -0.25) is 0 Å². The molecule has 0 nitrogen and oxygen atoms in total. The highest BCUT2D eigenvalue weighted by atomic mass is 14.3. The van der Waals surface area contributed by atoms with Crippen molar-refractivity contribution >= 4 is 32.3 Å². The Balaban J connectivity index is 2.08. The van der Waals surface area contributed by atoms with Crippen molar-refractivity contribution in [2.24, 2.45) is 0 Å². The molecule has 0 atom stereocenters. The molecule has 0 spiro atoms. The highest BCUT2D eigenvalue weighted by molar-refractivity contribution is 6.27. The van der Waals surface area contributed by atoms with Crippen molar-refractivity contribution in [1.82, 2.24) is 0 Å². The van der Waals surface area contributed by atoms with Crippen LogP contribution in [0.15, 0.2) is 72.8 Å². The van der Waals surface area contributed by atoms with Gasteiger partial charge >= 0.3 is 0 Å². The van der Waals surface area contributed by atoms with Crippen molar-refractivity contribution in [2.75, 3.05) is 0 Å². The van der Waals surface area contributed by atoms with Gasteiger partial charge in [-0.05, 0) is 79.5 Å². The lowest BCUT2D eigenvalue weighted by Crippen LogP contribution is -1.91. The second kappa shape index (κ2) is 4.74. The summed E-state index contributed by atoms with van der Waals surface area (Å²) in [7, 11) is 0. The Hall–Kier alpha value is -3.12. The number of hydrogen-bond acceptors (Lipinski definition) is 0. The molecule has 0 aliphatic heterocycles. The standard InChI is InChI=1S/C26H18/c1-15-9-11-17-5-3-7-20-21-8-4-6-18-13-14-19-12-10-16(2)23(22(15)24(17)20)26(19)25(18)21/h3-14H,1-2H3. The fourth-order valence-electron chi connectivity index (χ4n) is 4.88. The summed E-state index contributed by atoms with van der Waals surface area (Å²) in [6, 6.07) is 27.1. The van der Waals surface area contributed by atoms with Crippen LogP contribution in [-0.4, -0.2) is 0 Å². The van der Waals surface area contributed by atoms with Crippen molar-refractivity contribution in [3.63, 3.8) is 0 Å². The summed E-state index contributed by atoms with van der Waals surface area (Å²) in [6.07, 6.45) is 0. The minimum atomic E-state index is 1.32. The molecule has 0 fully saturated rings. The Kier molecular flexibility index (Phi) is 2.57. The Labute approximate surface area is 152 Å². The van der Waals surface area contributed by atoms with Crippen LogP contribution in [0.2, 0.25) is 0 Å². The van der Waals surface area contributed by atoms with E-state index >= 15 is 0 Å². The van der Waals surface area contributed by atoms with Crippen molar-refractivity contribution in [1.29, 1.82) is 0 Å². The van der Waals surface area contributed by atoms with E-state index in [1.807, 2.05) is 0 Å². The molecule has 0 heteroatoms. The van der Waals surface area contributed by atoms with Crippen LogP contribution < -0.4 is 0 Å². The average Bonchev–Trinajstić information content (AvgIpc) is 2.81. The monoisotopic (exact) mass is 330 g/mol. The number of hydrogen-bond donors (Lipinski definition) is 0. The van der Waals surface area contributed by atoms with E-state index in [0.29, 0.717) is 0 Å². The summed E-state index contributed by atoms with van der Waals surface area (Å²) >= 11 is 0. The van der Waals surface area contributed by atoms with Gasteiger partial charge in [-0.15, -0.1) is 0 Å². The molecule has 0 saturated heterocycles. The summed E-state index contributed by atoms with van der Waals surface area (Å²) in [5.41, 5.74) is 8.24. The van der Waals surface area contributed by atoms with Crippen LogP contribution in [0.4, 0.5) is 0 Å². The number of fused-ring (bicyclic) bond motifs is 2. The SMILES string of the molecule is Cc1ccc2cccc3c2c1-c1c(C)ccc2ccc4cccc-3c4c12. The van der Waals surface area contributed by atoms with Crippen molar-refractivity contribution in [3.8, 4) is 22.3 Å². The second-order valence-electron chi connectivity index (χ2n) is 7.49. The van der Waals surface area contributed by atoms with Gasteiger partial charge in [0.05, 0.1) is 0 Å². The molecule has 1 aliphatic rings. The summed E-state index contributed by atoms with van der Waals surface area (Å²) in [4.78, 5) is 0. The van der Waals surface area contributed by atoms with Crippen LogP contribution in [0.1, 0.15) is 11.1 Å². The quantitative estimate of drug-likeness (QED) is 0.254. The molecule has 0 unspecified atom stereocenters. The van der Waals surface area contributed by atoms with Gasteiger partial charge in [-0.1, -0.05) is 72.8 Å². The Bertz CT molecular complexity index is 1390. The topological polar surface area (TPSA) is 0 Å². The molecule has 0 N–H and O–H groups in total. The summed E-state index contributed by atoms with van der Waals surface area (Å²) in [5, 5.41) is 8.17. The number of aryl methyl sites for hydroxylation is 2. The lowest BCUT2D eigenvalue weighted by Gasteiger charge is -2.16. The predicted octanol–water partition coefficient (Wildman–Crippen LogP) is 7.41. The van der Waals surface area contributed by atoms with Crippen molar-refractivity contribution in [3.05, 3.63) is 83.9 Å². The largest absolute Gasteiger partial charge is 0.0610 e. The molecular formula is C26H18. The second-order valence-corrected chi connectivity index (χ2v) is 7.49. The molecule has 6 rings (SSSR count). The third-order valence-corrected chi connectivity index (χ3v) is 6.03. The maximum atomic E-state index is 2.29. The zero-order valence-corrected chi connectivity index (χ0v) is 14.9. The van der Waals surface area contributed by atoms with E-state index in [0.717, 1.165) is 0 Å². The molecule has 122 valence electrons. The molecule has 0 heterocycles. The minimum absolute atomic E-state index is 1.32. The first-order chi connectivity index (χ1) is 12.7. The van der Waals surface area contributed by atoms with Gasteiger partial charge in [0.1, 0.15) is 0 Å². The van der Waals surface area contributed by atoms with Crippen molar-refractivity contribution < 1.29 is 0 Å². The van der Waals surface area contributed by atoms with E-state index in [1.54, 1.807) is 0 Å². The molecule has 0 amide bonds. The molecule has 0 aromatic heterocycles. The van der Waals surface area contributed by atoms with Crippen LogP contribution in [0, 0.1) is 13.8 Å². The molecule has 5 aromatic rings. The van der Waals surface area contributed by atoms with E-state index < -0.39 is 0 Å². The average molecular weight is 330 g/mol. The Morgan fingerprint density at radius 3 is 1.54 bits per heavy atom. The third-order valence-electron chi connectivity index (χ3n) is 6.03. The summed E-state index contributed by atoms with van der Waals surface area (Å²) in [5.74, 6) is 0. The first kappa shape index (κ1) is 14.1. The summed E-state index contributed by atoms with van der Waals surface area (Å²) < 4.78 is 0. The third kappa shape index (κ3) is 1.60. The molecule has 1 aliphatic carbocycles. The van der Waals surface area contributed by atoms with Gasteiger partial charge < -0.3 is 0 Å². The number of benzene rings is 5. The Morgan fingerprint density at radius 1 is 0.423 bits per heavy atom. The van der Waals surface area contributed by atoms with Crippen LogP contribution >= 0.6 is 0 Å². The molecule has 0 saturated carbocycles. The van der Waals surface area contributed by atoms with E-state index in [4.69, 9.17) is 0 Å². The molecule has 26 heavy (non-hydrogen) atoms. The fraction of sp³-hybridized carbons (Fsp3) is 0.0769. The van der Waals surface area contributed by atoms with Gasteiger partial charge in [0, 0.05) is 0 Å². The normalized spacial score (nSPS) is 12.2. The first-order valence-electron chi connectivity index (χ1n) is 9.22. The minimum Gasteiger partial charge on any atom is -0.0610 e. The maximum Gasteiger partial charge on any atom is -0.00176 e. The number of rotatable bonds is 0. The highest BCUT2D eigenvalue weighted by Crippen LogP contribution is 2.49. The Morgan fingerprint density at radius 2 is 0.885 bits per heavy atom. The molecule has 5 aromatic carbocycles. The first-order valence-corrected chi connectivity index (χ1v) is 9.22. The van der Waals surface area contributed by atoms with Crippen LogP contribution in [-0.2, 0) is 0 Å². The van der Waals surface area contributed by atoms with Gasteiger partial charge in [0.2, 0.25) is 0 Å². The van der Waals surface area contributed by atoms with E-state index in [1.165, 1.54) is 65.7 Å². The van der Waals surface area contributed by atoms with Crippen LogP contribution in [0.3, 0.4) is 0 Å². The van der Waals surface area contributed by atoms with Gasteiger partial charge in [-0.2, -0.15) is 0 Å².